The first-order valence-corrected chi connectivity index (χ1v) is 10.4. The van der Waals surface area contributed by atoms with Crippen molar-refractivity contribution >= 4 is 17.6 Å². The Bertz CT molecular complexity index is 1220. The molecular weight excluding hydrogens is 433 g/mol. The Hall–Kier alpha value is -4.02. The zero-order valence-corrected chi connectivity index (χ0v) is 18.1. The number of amides is 1. The second-order valence-electron chi connectivity index (χ2n) is 7.80. The van der Waals surface area contributed by atoms with Crippen molar-refractivity contribution < 1.29 is 23.6 Å². The molecule has 1 aliphatic heterocycles. The lowest BCUT2D eigenvalue weighted by atomic mass is 9.95. The average molecular weight is 455 g/mol. The number of hydrogen-bond donors (Lipinski definition) is 1. The largest absolute Gasteiger partial charge is 0.461 e. The molecule has 3 heterocycles. The fourth-order valence-electron chi connectivity index (χ4n) is 4.13. The topological polar surface area (TPSA) is 123 Å². The van der Waals surface area contributed by atoms with Crippen molar-refractivity contribution in [1.29, 1.82) is 0 Å². The van der Waals surface area contributed by atoms with Crippen molar-refractivity contribution in [3.63, 3.8) is 0 Å². The lowest BCUT2D eigenvalue weighted by Gasteiger charge is -2.31. The molecule has 3 aromatic rings. The molecular formula is C22H22FN5O5. The van der Waals surface area contributed by atoms with Crippen LogP contribution in [0, 0.1) is 15.9 Å². The minimum absolute atomic E-state index is 0.0950. The Balaban J connectivity index is 1.73. The van der Waals surface area contributed by atoms with Gasteiger partial charge < -0.3 is 14.6 Å². The molecule has 0 radical (unpaired) electrons. The van der Waals surface area contributed by atoms with Gasteiger partial charge in [-0.15, -0.1) is 0 Å². The van der Waals surface area contributed by atoms with Gasteiger partial charge in [-0.25, -0.2) is 4.79 Å². The monoisotopic (exact) mass is 455 g/mol. The summed E-state index contributed by atoms with van der Waals surface area (Å²) in [6.45, 7) is 4.40. The summed E-state index contributed by atoms with van der Waals surface area (Å²) in [4.78, 5) is 40.4. The van der Waals surface area contributed by atoms with E-state index < -0.39 is 22.4 Å². The van der Waals surface area contributed by atoms with Gasteiger partial charge in [0.25, 0.3) is 5.91 Å². The van der Waals surface area contributed by atoms with Crippen LogP contribution in [0.1, 0.15) is 57.6 Å². The van der Waals surface area contributed by atoms with Gasteiger partial charge in [0.05, 0.1) is 24.6 Å². The van der Waals surface area contributed by atoms with Crippen LogP contribution in [0.2, 0.25) is 0 Å². The molecule has 1 N–H and O–H groups in total. The van der Waals surface area contributed by atoms with Crippen molar-refractivity contribution in [1.82, 2.24) is 19.7 Å². The maximum atomic E-state index is 13.8. The minimum Gasteiger partial charge on any atom is -0.461 e. The van der Waals surface area contributed by atoms with Gasteiger partial charge in [0.2, 0.25) is 5.82 Å². The Morgan fingerprint density at radius 2 is 2.15 bits per heavy atom. The smallest absolute Gasteiger partial charge is 0.359 e. The summed E-state index contributed by atoms with van der Waals surface area (Å²) >= 11 is 0. The molecule has 0 saturated carbocycles. The minimum atomic E-state index is -0.926. The van der Waals surface area contributed by atoms with Crippen molar-refractivity contribution in [3.8, 4) is 0 Å². The van der Waals surface area contributed by atoms with Gasteiger partial charge in [-0.05, 0) is 30.7 Å². The first kappa shape index (κ1) is 22.2. The predicted octanol–water partition coefficient (Wildman–Crippen LogP) is 3.24. The maximum Gasteiger partial charge on any atom is 0.359 e. The van der Waals surface area contributed by atoms with Gasteiger partial charge in [-0.3, -0.25) is 19.6 Å². The number of carbonyl (C=O) groups excluding carboxylic acids is 2. The highest BCUT2D eigenvalue weighted by molar-refractivity contribution is 5.93. The van der Waals surface area contributed by atoms with Gasteiger partial charge in [-0.1, -0.05) is 13.0 Å². The van der Waals surface area contributed by atoms with Crippen LogP contribution < -0.4 is 0 Å². The number of nitrogens with one attached hydrogen (secondary N) is 1. The molecule has 1 aromatic carbocycles. The first-order valence-electron chi connectivity index (χ1n) is 10.4. The predicted molar refractivity (Wildman–Crippen MR) is 114 cm³/mol. The molecule has 11 heteroatoms. The summed E-state index contributed by atoms with van der Waals surface area (Å²) in [7, 11) is 0. The zero-order chi connectivity index (χ0) is 23.7. The first-order chi connectivity index (χ1) is 15.8. The summed E-state index contributed by atoms with van der Waals surface area (Å²) < 4.78 is 20.5. The molecule has 0 bridgehead atoms. The van der Waals surface area contributed by atoms with Crippen LogP contribution in [0.3, 0.4) is 0 Å². The quantitative estimate of drug-likeness (QED) is 0.346. The fraction of sp³-hybridized carbons (Fsp3) is 0.318. The molecule has 0 spiro atoms. The van der Waals surface area contributed by atoms with Gasteiger partial charge >= 0.3 is 11.7 Å². The van der Waals surface area contributed by atoms with Gasteiger partial charge in [-0.2, -0.15) is 9.49 Å². The van der Waals surface area contributed by atoms with E-state index in [1.807, 2.05) is 6.92 Å². The van der Waals surface area contributed by atoms with E-state index in [0.717, 1.165) is 17.8 Å². The van der Waals surface area contributed by atoms with E-state index >= 15 is 0 Å². The second-order valence-corrected chi connectivity index (χ2v) is 7.80. The van der Waals surface area contributed by atoms with Crippen molar-refractivity contribution in [2.24, 2.45) is 0 Å². The summed E-state index contributed by atoms with van der Waals surface area (Å²) in [5, 5.41) is 15.6. The molecule has 1 atom stereocenters. The summed E-state index contributed by atoms with van der Waals surface area (Å²) in [6.07, 6.45) is 1.66. The van der Waals surface area contributed by atoms with Crippen molar-refractivity contribution in [3.05, 3.63) is 80.7 Å². The average Bonchev–Trinajstić information content (AvgIpc) is 3.43. The molecule has 10 nitrogen and oxygen atoms in total. The number of rotatable bonds is 6. The number of aromatic amines is 1. The number of nitro groups is 1. The van der Waals surface area contributed by atoms with Gasteiger partial charge in [0.15, 0.2) is 5.69 Å². The molecule has 2 aromatic heterocycles. The highest BCUT2D eigenvalue weighted by Crippen LogP contribution is 2.32. The molecule has 0 aliphatic carbocycles. The van der Waals surface area contributed by atoms with Gasteiger partial charge in [0, 0.05) is 36.0 Å². The summed E-state index contributed by atoms with van der Waals surface area (Å²) in [5.74, 6) is -1.92. The van der Waals surface area contributed by atoms with E-state index in [-0.39, 0.29) is 37.2 Å². The summed E-state index contributed by atoms with van der Waals surface area (Å²) in [5.41, 5.74) is 1.67. The number of nitro benzene ring substituents is 1. The SMILES string of the molecule is CCOC(=O)c1nn(Cc2ccc(F)c([N+](=O)[O-])c2)c2c1CN(C(=O)c1ccc[nH]1)CC2C. The molecule has 1 amide bonds. The number of fused-ring (bicyclic) bond motifs is 1. The number of benzene rings is 1. The van der Waals surface area contributed by atoms with E-state index in [9.17, 15) is 24.1 Å². The third kappa shape index (κ3) is 4.21. The van der Waals surface area contributed by atoms with E-state index in [2.05, 4.69) is 10.1 Å². The van der Waals surface area contributed by atoms with Crippen LogP contribution in [0.4, 0.5) is 10.1 Å². The number of esters is 1. The second kappa shape index (κ2) is 8.85. The molecule has 0 fully saturated rings. The lowest BCUT2D eigenvalue weighted by Crippen LogP contribution is -2.38. The van der Waals surface area contributed by atoms with E-state index in [1.54, 1.807) is 34.8 Å². The Morgan fingerprint density at radius 3 is 2.82 bits per heavy atom. The Morgan fingerprint density at radius 1 is 1.36 bits per heavy atom. The van der Waals surface area contributed by atoms with Crippen LogP contribution in [0.25, 0.3) is 0 Å². The number of ether oxygens (including phenoxy) is 1. The van der Waals surface area contributed by atoms with Gasteiger partial charge in [0.1, 0.15) is 5.69 Å². The number of H-pyrrole nitrogens is 1. The van der Waals surface area contributed by atoms with E-state index in [4.69, 9.17) is 4.74 Å². The number of nitrogens with zero attached hydrogens (tertiary/aromatic N) is 4. The Labute approximate surface area is 188 Å². The normalized spacial score (nSPS) is 15.2. The standard InChI is InChI=1S/C22H22FN5O5/c1-3-33-22(30)19-15-12-26(21(29)17-5-4-8-24-17)10-13(2)20(15)27(25-19)11-14-6-7-16(23)18(9-14)28(31)32/h4-9,13,24H,3,10-12H2,1-2H3. The van der Waals surface area contributed by atoms with Crippen LogP contribution in [0.15, 0.2) is 36.5 Å². The fourth-order valence-corrected chi connectivity index (χ4v) is 4.13. The Kier molecular flexibility index (Phi) is 5.95. The highest BCUT2D eigenvalue weighted by Gasteiger charge is 2.35. The van der Waals surface area contributed by atoms with Crippen LogP contribution in [-0.4, -0.2) is 49.6 Å². The van der Waals surface area contributed by atoms with Crippen LogP contribution >= 0.6 is 0 Å². The molecule has 0 saturated heterocycles. The molecule has 33 heavy (non-hydrogen) atoms. The molecule has 1 aliphatic rings. The van der Waals surface area contributed by atoms with Crippen LogP contribution in [0.5, 0.6) is 0 Å². The van der Waals surface area contributed by atoms with Crippen molar-refractivity contribution in [2.75, 3.05) is 13.2 Å². The summed E-state index contributed by atoms with van der Waals surface area (Å²) in [6, 6.07) is 7.04. The van der Waals surface area contributed by atoms with Crippen molar-refractivity contribution in [2.45, 2.75) is 32.9 Å². The van der Waals surface area contributed by atoms with E-state index in [0.29, 0.717) is 23.4 Å². The van der Waals surface area contributed by atoms with E-state index in [1.165, 1.54) is 6.07 Å². The number of carbonyl (C=O) groups is 2. The zero-order valence-electron chi connectivity index (χ0n) is 18.1. The molecule has 1 unspecified atom stereocenters. The maximum absolute atomic E-state index is 13.8. The molecule has 4 rings (SSSR count). The van der Waals surface area contributed by atoms with Crippen LogP contribution in [-0.2, 0) is 17.8 Å². The number of halogens is 1. The third-order valence-electron chi connectivity index (χ3n) is 5.53. The third-order valence-corrected chi connectivity index (χ3v) is 5.53. The highest BCUT2D eigenvalue weighted by atomic mass is 19.1. The number of aromatic nitrogens is 3. The number of hydrogen-bond acceptors (Lipinski definition) is 6. The molecule has 172 valence electrons. The lowest BCUT2D eigenvalue weighted by molar-refractivity contribution is -0.387.